The van der Waals surface area contributed by atoms with Crippen LogP contribution in [0.2, 0.25) is 0 Å². The Bertz CT molecular complexity index is 1090. The maximum atomic E-state index is 13.0. The Kier molecular flexibility index (Phi) is 7.53. The van der Waals surface area contributed by atoms with Gasteiger partial charge in [0.25, 0.3) is 5.91 Å². The molecule has 0 radical (unpaired) electrons. The summed E-state index contributed by atoms with van der Waals surface area (Å²) in [6.07, 6.45) is 7.96. The van der Waals surface area contributed by atoms with E-state index in [9.17, 15) is 9.59 Å². The number of aromatic nitrogens is 1. The van der Waals surface area contributed by atoms with E-state index in [-0.39, 0.29) is 18.6 Å². The molecule has 1 fully saturated rings. The lowest BCUT2D eigenvalue weighted by Gasteiger charge is -2.21. The monoisotopic (exact) mass is 494 g/mol. The molecule has 6 heteroatoms. The number of carbonyl (C=O) groups is 2. The highest BCUT2D eigenvalue weighted by Gasteiger charge is 2.18. The Morgan fingerprint density at radius 1 is 0.969 bits per heavy atom. The maximum Gasteiger partial charge on any atom is 0.339 e. The summed E-state index contributed by atoms with van der Waals surface area (Å²) in [4.78, 5) is 30.1. The quantitative estimate of drug-likeness (QED) is 0.438. The summed E-state index contributed by atoms with van der Waals surface area (Å²) in [6, 6.07) is 17.1. The van der Waals surface area contributed by atoms with Crippen LogP contribution in [0.25, 0.3) is 22.2 Å². The lowest BCUT2D eigenvalue weighted by Crippen LogP contribution is -2.38. The fraction of sp³-hybridized carbons (Fsp3) is 0.346. The van der Waals surface area contributed by atoms with Crippen molar-refractivity contribution >= 4 is 38.7 Å². The number of hydrogen-bond donors (Lipinski definition) is 1. The lowest BCUT2D eigenvalue weighted by molar-refractivity contribution is -0.125. The van der Waals surface area contributed by atoms with E-state index < -0.39 is 5.97 Å². The second-order valence-electron chi connectivity index (χ2n) is 8.26. The minimum absolute atomic E-state index is 0.173. The van der Waals surface area contributed by atoms with Crippen molar-refractivity contribution in [3.05, 3.63) is 64.6 Å². The molecule has 3 aromatic rings. The van der Waals surface area contributed by atoms with Crippen molar-refractivity contribution in [3.8, 4) is 11.3 Å². The number of ether oxygens (including phenoxy) is 1. The average Bonchev–Trinajstić information content (AvgIpc) is 2.79. The number of amides is 1. The molecule has 0 spiro atoms. The van der Waals surface area contributed by atoms with Gasteiger partial charge in [0, 0.05) is 21.5 Å². The van der Waals surface area contributed by atoms with Gasteiger partial charge in [-0.2, -0.15) is 0 Å². The van der Waals surface area contributed by atoms with Gasteiger partial charge in [0.05, 0.1) is 16.8 Å². The number of pyridine rings is 1. The zero-order chi connectivity index (χ0) is 22.3. The molecule has 0 unspecified atom stereocenters. The zero-order valence-corrected chi connectivity index (χ0v) is 19.6. The largest absolute Gasteiger partial charge is 0.452 e. The van der Waals surface area contributed by atoms with Crippen molar-refractivity contribution in [1.82, 2.24) is 10.3 Å². The number of nitrogens with zero attached hydrogens (tertiary/aromatic N) is 1. The normalized spacial score (nSPS) is 15.0. The molecule has 1 amide bonds. The summed E-state index contributed by atoms with van der Waals surface area (Å²) < 4.78 is 6.39. The second kappa shape index (κ2) is 10.7. The molecule has 2 aromatic carbocycles. The predicted molar refractivity (Wildman–Crippen MR) is 129 cm³/mol. The van der Waals surface area contributed by atoms with E-state index in [0.717, 1.165) is 35.7 Å². The van der Waals surface area contributed by atoms with Crippen LogP contribution < -0.4 is 5.32 Å². The maximum absolute atomic E-state index is 13.0. The van der Waals surface area contributed by atoms with Crippen molar-refractivity contribution in [2.45, 2.75) is 51.0 Å². The van der Waals surface area contributed by atoms with Crippen molar-refractivity contribution in [1.29, 1.82) is 0 Å². The predicted octanol–water partition coefficient (Wildman–Crippen LogP) is 6.05. The molecule has 166 valence electrons. The van der Waals surface area contributed by atoms with Crippen LogP contribution in [0, 0.1) is 0 Å². The zero-order valence-electron chi connectivity index (χ0n) is 18.0. The van der Waals surface area contributed by atoms with Gasteiger partial charge in [-0.3, -0.25) is 4.79 Å². The first-order valence-electron chi connectivity index (χ1n) is 11.2. The molecule has 0 saturated heterocycles. The van der Waals surface area contributed by atoms with Crippen LogP contribution in [0.1, 0.15) is 55.3 Å². The van der Waals surface area contributed by atoms with E-state index in [0.29, 0.717) is 22.2 Å². The van der Waals surface area contributed by atoms with Crippen molar-refractivity contribution < 1.29 is 14.3 Å². The summed E-state index contributed by atoms with van der Waals surface area (Å²) >= 11 is 3.44. The SMILES string of the molecule is O=C(COC(=O)c1cc(-c2ccc(Br)cc2)nc2ccccc12)NC1CCCCCCC1. The molecular weight excluding hydrogens is 468 g/mol. The van der Waals surface area contributed by atoms with Crippen LogP contribution >= 0.6 is 15.9 Å². The highest BCUT2D eigenvalue weighted by atomic mass is 79.9. The first kappa shape index (κ1) is 22.5. The van der Waals surface area contributed by atoms with E-state index in [1.807, 2.05) is 48.5 Å². The molecule has 1 saturated carbocycles. The number of nitrogens with one attached hydrogen (secondary N) is 1. The molecule has 5 nitrogen and oxygen atoms in total. The van der Waals surface area contributed by atoms with E-state index in [2.05, 4.69) is 21.2 Å². The fourth-order valence-corrected chi connectivity index (χ4v) is 4.46. The van der Waals surface area contributed by atoms with Gasteiger partial charge in [-0.05, 0) is 37.1 Å². The van der Waals surface area contributed by atoms with Crippen LogP contribution in [0.3, 0.4) is 0 Å². The smallest absolute Gasteiger partial charge is 0.339 e. The molecular formula is C26H27BrN2O3. The summed E-state index contributed by atoms with van der Waals surface area (Å²) in [5.74, 6) is -0.759. The van der Waals surface area contributed by atoms with Gasteiger partial charge in [0.15, 0.2) is 6.61 Å². The van der Waals surface area contributed by atoms with Gasteiger partial charge in [-0.15, -0.1) is 0 Å². The van der Waals surface area contributed by atoms with Crippen LogP contribution in [-0.2, 0) is 9.53 Å². The lowest BCUT2D eigenvalue weighted by atomic mass is 9.97. The van der Waals surface area contributed by atoms with Crippen molar-refractivity contribution in [3.63, 3.8) is 0 Å². The number of esters is 1. The number of para-hydroxylation sites is 1. The number of fused-ring (bicyclic) bond motifs is 1. The molecule has 1 N–H and O–H groups in total. The Morgan fingerprint density at radius 3 is 2.41 bits per heavy atom. The number of benzene rings is 2. The third-order valence-electron chi connectivity index (χ3n) is 5.88. The first-order valence-corrected chi connectivity index (χ1v) is 12.0. The Labute approximate surface area is 196 Å². The molecule has 0 bridgehead atoms. The number of halogens is 1. The van der Waals surface area contributed by atoms with Crippen LogP contribution in [0.15, 0.2) is 59.1 Å². The summed E-state index contributed by atoms with van der Waals surface area (Å²) in [6.45, 7) is -0.278. The third kappa shape index (κ3) is 5.74. The highest BCUT2D eigenvalue weighted by Crippen LogP contribution is 2.26. The van der Waals surface area contributed by atoms with Crippen LogP contribution in [0.4, 0.5) is 0 Å². The Hall–Kier alpha value is -2.73. The van der Waals surface area contributed by atoms with E-state index in [1.54, 1.807) is 6.07 Å². The van der Waals surface area contributed by atoms with E-state index >= 15 is 0 Å². The number of hydrogen-bond acceptors (Lipinski definition) is 4. The van der Waals surface area contributed by atoms with Crippen molar-refractivity contribution in [2.24, 2.45) is 0 Å². The minimum Gasteiger partial charge on any atom is -0.452 e. The van der Waals surface area contributed by atoms with E-state index in [1.165, 1.54) is 19.3 Å². The molecule has 1 aliphatic rings. The van der Waals surface area contributed by atoms with Gasteiger partial charge in [0.1, 0.15) is 0 Å². The summed E-state index contributed by atoms with van der Waals surface area (Å²) in [5, 5.41) is 3.75. The summed E-state index contributed by atoms with van der Waals surface area (Å²) in [7, 11) is 0. The Balaban J connectivity index is 1.48. The van der Waals surface area contributed by atoms with Gasteiger partial charge >= 0.3 is 5.97 Å². The standard InChI is InChI=1S/C26H27BrN2O3/c27-19-14-12-18(13-15-19)24-16-22(21-10-6-7-11-23(21)29-24)26(31)32-17-25(30)28-20-8-4-2-1-3-5-9-20/h6-7,10-16,20H,1-5,8-9,17H2,(H,28,30). The highest BCUT2D eigenvalue weighted by molar-refractivity contribution is 9.10. The van der Waals surface area contributed by atoms with E-state index in [4.69, 9.17) is 9.72 Å². The average molecular weight is 495 g/mol. The Morgan fingerprint density at radius 2 is 1.66 bits per heavy atom. The molecule has 1 aromatic heterocycles. The molecule has 4 rings (SSSR count). The van der Waals surface area contributed by atoms with Gasteiger partial charge in [0.2, 0.25) is 0 Å². The molecule has 0 aliphatic heterocycles. The van der Waals surface area contributed by atoms with Gasteiger partial charge in [-0.1, -0.05) is 78.4 Å². The molecule has 0 atom stereocenters. The van der Waals surface area contributed by atoms with Crippen molar-refractivity contribution in [2.75, 3.05) is 6.61 Å². The van der Waals surface area contributed by atoms with Gasteiger partial charge < -0.3 is 10.1 Å². The molecule has 1 aliphatic carbocycles. The van der Waals surface area contributed by atoms with Crippen LogP contribution in [0.5, 0.6) is 0 Å². The van der Waals surface area contributed by atoms with Crippen LogP contribution in [-0.4, -0.2) is 29.5 Å². The molecule has 32 heavy (non-hydrogen) atoms. The van der Waals surface area contributed by atoms with Gasteiger partial charge in [-0.25, -0.2) is 9.78 Å². The molecule has 1 heterocycles. The number of carbonyl (C=O) groups excluding carboxylic acids is 2. The fourth-order valence-electron chi connectivity index (χ4n) is 4.19. The third-order valence-corrected chi connectivity index (χ3v) is 6.41. The first-order chi connectivity index (χ1) is 15.6. The summed E-state index contributed by atoms with van der Waals surface area (Å²) in [5.41, 5.74) is 2.70. The number of rotatable bonds is 5. The topological polar surface area (TPSA) is 68.3 Å². The minimum atomic E-state index is -0.519. The second-order valence-corrected chi connectivity index (χ2v) is 9.18.